The first-order valence-corrected chi connectivity index (χ1v) is 4.00. The number of hydrogen-bond acceptors (Lipinski definition) is 4. The highest BCUT2D eigenvalue weighted by Gasteiger charge is 2.23. The maximum atomic E-state index is 9.99. The van der Waals surface area contributed by atoms with Crippen molar-refractivity contribution >= 4 is 17.9 Å². The highest BCUT2D eigenvalue weighted by atomic mass is 32.2. The Balaban J connectivity index is 2.24. The number of carboxylic acid groups (broad SMARTS) is 1. The quantitative estimate of drug-likeness (QED) is 0.557. The van der Waals surface area contributed by atoms with Crippen LogP contribution in [0.2, 0.25) is 0 Å². The molecular weight excluding hydrogens is 154 g/mol. The van der Waals surface area contributed by atoms with E-state index < -0.39 is 6.16 Å². The molecule has 0 bridgehead atoms. The van der Waals surface area contributed by atoms with Crippen LogP contribution in [0.3, 0.4) is 0 Å². The number of hydrogen-bond donors (Lipinski definition) is 2. The van der Waals surface area contributed by atoms with Crippen LogP contribution >= 0.6 is 11.8 Å². The van der Waals surface area contributed by atoms with Gasteiger partial charge in [0.15, 0.2) is 6.23 Å². The number of nitrogens with one attached hydrogen (secondary N) is 1. The molecule has 0 aromatic carbocycles. The minimum absolute atomic E-state index is 0.296. The van der Waals surface area contributed by atoms with Crippen molar-refractivity contribution in [3.8, 4) is 0 Å². The molecule has 1 heterocycles. The van der Waals surface area contributed by atoms with Gasteiger partial charge in [0.1, 0.15) is 0 Å². The van der Waals surface area contributed by atoms with E-state index in [1.807, 2.05) is 6.92 Å². The van der Waals surface area contributed by atoms with Crippen molar-refractivity contribution in [2.75, 3.05) is 5.75 Å². The molecule has 4 nitrogen and oxygen atoms in total. The normalized spacial score (nSPS) is 32.1. The summed E-state index contributed by atoms with van der Waals surface area (Å²) in [5.74, 6) is 0.702. The third kappa shape index (κ3) is 2.07. The molecule has 2 unspecified atom stereocenters. The Labute approximate surface area is 62.9 Å². The van der Waals surface area contributed by atoms with Crippen LogP contribution in [0.4, 0.5) is 4.79 Å². The zero-order valence-electron chi connectivity index (χ0n) is 5.53. The van der Waals surface area contributed by atoms with Crippen molar-refractivity contribution in [3.05, 3.63) is 0 Å². The molecule has 0 saturated carbocycles. The molecule has 2 N–H and O–H groups in total. The van der Waals surface area contributed by atoms with Crippen LogP contribution in [-0.2, 0) is 4.74 Å². The van der Waals surface area contributed by atoms with Gasteiger partial charge < -0.3 is 9.84 Å². The van der Waals surface area contributed by atoms with Crippen LogP contribution in [0.25, 0.3) is 0 Å². The summed E-state index contributed by atoms with van der Waals surface area (Å²) in [4.78, 5) is 9.99. The summed E-state index contributed by atoms with van der Waals surface area (Å²) in [6.07, 6.45) is -1.54. The summed E-state index contributed by atoms with van der Waals surface area (Å²) in [5, 5.41) is 11.4. The lowest BCUT2D eigenvalue weighted by Gasteiger charge is -2.07. The highest BCUT2D eigenvalue weighted by Crippen LogP contribution is 2.18. The topological polar surface area (TPSA) is 58.6 Å². The van der Waals surface area contributed by atoms with Crippen molar-refractivity contribution in [2.45, 2.75) is 18.5 Å². The molecule has 1 rings (SSSR count). The van der Waals surface area contributed by atoms with Crippen LogP contribution in [-0.4, -0.2) is 28.6 Å². The van der Waals surface area contributed by atoms with Gasteiger partial charge >= 0.3 is 6.16 Å². The molecule has 10 heavy (non-hydrogen) atoms. The van der Waals surface area contributed by atoms with Gasteiger partial charge in [-0.05, 0) is 6.92 Å². The molecule has 0 aromatic heterocycles. The molecule has 0 aliphatic carbocycles. The highest BCUT2D eigenvalue weighted by molar-refractivity contribution is 8.00. The fourth-order valence-corrected chi connectivity index (χ4v) is 1.66. The maximum absolute atomic E-state index is 9.99. The van der Waals surface area contributed by atoms with Crippen molar-refractivity contribution in [3.63, 3.8) is 0 Å². The number of thioether (sulfide) groups is 1. The van der Waals surface area contributed by atoms with Crippen LogP contribution in [0, 0.1) is 0 Å². The number of rotatable bonds is 1. The monoisotopic (exact) mass is 163 g/mol. The maximum Gasteiger partial charge on any atom is 0.507 e. The van der Waals surface area contributed by atoms with Gasteiger partial charge in [-0.3, -0.25) is 5.32 Å². The van der Waals surface area contributed by atoms with Gasteiger partial charge in [0.25, 0.3) is 0 Å². The van der Waals surface area contributed by atoms with Crippen LogP contribution in [0.1, 0.15) is 6.92 Å². The second kappa shape index (κ2) is 3.12. The predicted molar refractivity (Wildman–Crippen MR) is 38.0 cm³/mol. The zero-order valence-corrected chi connectivity index (χ0v) is 6.35. The molecule has 1 fully saturated rings. The molecule has 58 valence electrons. The number of ether oxygens (including phenoxy) is 1. The van der Waals surface area contributed by atoms with E-state index in [4.69, 9.17) is 5.11 Å². The Morgan fingerprint density at radius 3 is 3.00 bits per heavy atom. The summed E-state index contributed by atoms with van der Waals surface area (Å²) in [7, 11) is 0. The van der Waals surface area contributed by atoms with Gasteiger partial charge in [0.2, 0.25) is 0 Å². The minimum atomic E-state index is -1.22. The van der Waals surface area contributed by atoms with Crippen LogP contribution in [0.5, 0.6) is 0 Å². The molecule has 0 amide bonds. The average Bonchev–Trinajstić information content (AvgIpc) is 2.13. The molecule has 1 saturated heterocycles. The minimum Gasteiger partial charge on any atom is -0.450 e. The van der Waals surface area contributed by atoms with Gasteiger partial charge in [-0.25, -0.2) is 4.79 Å². The van der Waals surface area contributed by atoms with E-state index in [-0.39, 0.29) is 6.23 Å². The summed E-state index contributed by atoms with van der Waals surface area (Å²) in [5.41, 5.74) is 0. The van der Waals surface area contributed by atoms with Crippen molar-refractivity contribution in [1.82, 2.24) is 5.32 Å². The summed E-state index contributed by atoms with van der Waals surface area (Å²) >= 11 is 1.65. The van der Waals surface area contributed by atoms with Crippen molar-refractivity contribution < 1.29 is 14.6 Å². The van der Waals surface area contributed by atoms with Gasteiger partial charge in [-0.15, -0.1) is 11.8 Å². The van der Waals surface area contributed by atoms with Gasteiger partial charge in [0, 0.05) is 5.75 Å². The fraction of sp³-hybridized carbons (Fsp3) is 0.800. The average molecular weight is 163 g/mol. The van der Waals surface area contributed by atoms with E-state index in [1.165, 1.54) is 0 Å². The molecule has 0 radical (unpaired) electrons. The molecule has 2 atom stereocenters. The van der Waals surface area contributed by atoms with E-state index in [0.717, 1.165) is 0 Å². The van der Waals surface area contributed by atoms with Crippen molar-refractivity contribution in [1.29, 1.82) is 0 Å². The number of carbonyl (C=O) groups is 1. The van der Waals surface area contributed by atoms with Gasteiger partial charge in [-0.1, -0.05) is 0 Å². The lowest BCUT2D eigenvalue weighted by atomic mass is 10.6. The first kappa shape index (κ1) is 7.68. The fourth-order valence-electron chi connectivity index (χ4n) is 0.779. The zero-order chi connectivity index (χ0) is 7.56. The van der Waals surface area contributed by atoms with E-state index in [2.05, 4.69) is 10.1 Å². The molecule has 5 heteroatoms. The Bertz CT molecular complexity index is 141. The first-order valence-electron chi connectivity index (χ1n) is 2.95. The first-order chi connectivity index (χ1) is 4.68. The summed E-state index contributed by atoms with van der Waals surface area (Å²) in [6.45, 7) is 1.97. The Kier molecular flexibility index (Phi) is 2.39. The van der Waals surface area contributed by atoms with Crippen LogP contribution in [0.15, 0.2) is 0 Å². The molecule has 0 aromatic rings. The molecule has 1 aliphatic rings. The summed E-state index contributed by atoms with van der Waals surface area (Å²) < 4.78 is 4.47. The smallest absolute Gasteiger partial charge is 0.450 e. The second-order valence-corrected chi connectivity index (χ2v) is 3.39. The molecule has 0 spiro atoms. The van der Waals surface area contributed by atoms with E-state index in [1.54, 1.807) is 11.8 Å². The molecular formula is C5H9NO3S. The third-order valence-electron chi connectivity index (χ3n) is 1.16. The SMILES string of the molecule is CC1NC(OC(=O)O)CS1. The Hall–Kier alpha value is -0.420. The second-order valence-electron chi connectivity index (χ2n) is 2.01. The van der Waals surface area contributed by atoms with E-state index in [9.17, 15) is 4.79 Å². The molecule has 1 aliphatic heterocycles. The van der Waals surface area contributed by atoms with Gasteiger partial charge in [-0.2, -0.15) is 0 Å². The largest absolute Gasteiger partial charge is 0.507 e. The van der Waals surface area contributed by atoms with E-state index >= 15 is 0 Å². The van der Waals surface area contributed by atoms with Crippen molar-refractivity contribution in [2.24, 2.45) is 0 Å². The van der Waals surface area contributed by atoms with Crippen LogP contribution < -0.4 is 5.32 Å². The third-order valence-corrected chi connectivity index (χ3v) is 2.29. The standard InChI is InChI=1S/C5H9NO3S/c1-3-6-4(2-10-3)9-5(7)8/h3-4,6H,2H2,1H3,(H,7,8). The Morgan fingerprint density at radius 2 is 2.60 bits per heavy atom. The van der Waals surface area contributed by atoms with Gasteiger partial charge in [0.05, 0.1) is 5.37 Å². The lowest BCUT2D eigenvalue weighted by molar-refractivity contribution is 0.0501. The lowest BCUT2D eigenvalue weighted by Crippen LogP contribution is -2.32. The predicted octanol–water partition coefficient (Wildman–Crippen LogP) is 0.689. The Morgan fingerprint density at radius 1 is 1.90 bits per heavy atom. The summed E-state index contributed by atoms with van der Waals surface area (Å²) in [6, 6.07) is 0. The van der Waals surface area contributed by atoms with E-state index in [0.29, 0.717) is 11.1 Å².